The predicted molar refractivity (Wildman–Crippen MR) is 52.9 cm³/mol. The molecule has 0 aromatic rings. The highest BCUT2D eigenvalue weighted by Crippen LogP contribution is 2.31. The molecule has 13 heavy (non-hydrogen) atoms. The largest absolute Gasteiger partial charge is 0.385 e. The van der Waals surface area contributed by atoms with Gasteiger partial charge in [0.25, 0.3) is 0 Å². The molecule has 1 aliphatic heterocycles. The summed E-state index contributed by atoms with van der Waals surface area (Å²) >= 11 is 1.65. The van der Waals surface area contributed by atoms with Crippen molar-refractivity contribution in [2.24, 2.45) is 0 Å². The van der Waals surface area contributed by atoms with Crippen LogP contribution in [0, 0.1) is 0 Å². The lowest BCUT2D eigenvalue weighted by molar-refractivity contribution is -0.108. The van der Waals surface area contributed by atoms with Crippen molar-refractivity contribution in [3.63, 3.8) is 0 Å². The molecule has 1 rings (SSSR count). The number of methoxy groups -OCH3 is 1. The van der Waals surface area contributed by atoms with E-state index in [-0.39, 0.29) is 0 Å². The SMILES string of the molecule is COCCC1SC(NC=O)=CN1C. The fraction of sp³-hybridized carbons (Fsp3) is 0.625. The third-order valence-electron chi connectivity index (χ3n) is 1.81. The van der Waals surface area contributed by atoms with Crippen molar-refractivity contribution >= 4 is 18.2 Å². The quantitative estimate of drug-likeness (QED) is 0.662. The molecule has 0 spiro atoms. The molecule has 74 valence electrons. The molecular weight excluding hydrogens is 188 g/mol. The van der Waals surface area contributed by atoms with E-state index in [1.54, 1.807) is 18.9 Å². The van der Waals surface area contributed by atoms with Crippen LogP contribution in [0.2, 0.25) is 0 Å². The molecular formula is C8H14N2O2S. The van der Waals surface area contributed by atoms with Crippen LogP contribution in [0.15, 0.2) is 11.2 Å². The van der Waals surface area contributed by atoms with Crippen molar-refractivity contribution < 1.29 is 9.53 Å². The van der Waals surface area contributed by atoms with Crippen LogP contribution in [0.3, 0.4) is 0 Å². The first-order valence-corrected chi connectivity index (χ1v) is 4.95. The molecule has 0 aromatic heterocycles. The summed E-state index contributed by atoms with van der Waals surface area (Å²) in [6, 6.07) is 0. The molecule has 0 bridgehead atoms. The monoisotopic (exact) mass is 202 g/mol. The summed E-state index contributed by atoms with van der Waals surface area (Å²) < 4.78 is 4.99. The van der Waals surface area contributed by atoms with Gasteiger partial charge in [0, 0.05) is 33.4 Å². The van der Waals surface area contributed by atoms with E-state index in [4.69, 9.17) is 4.74 Å². The Balaban J connectivity index is 2.35. The summed E-state index contributed by atoms with van der Waals surface area (Å²) in [5, 5.41) is 3.92. The molecule has 1 amide bonds. The van der Waals surface area contributed by atoms with Crippen LogP contribution in [-0.4, -0.2) is 37.4 Å². The normalized spacial score (nSPS) is 21.5. The standard InChI is InChI=1S/C8H14N2O2S/c1-10-5-7(9-6-11)13-8(10)3-4-12-2/h5-6,8H,3-4H2,1-2H3,(H,9,11). The first-order valence-electron chi connectivity index (χ1n) is 4.07. The topological polar surface area (TPSA) is 41.6 Å². The lowest BCUT2D eigenvalue weighted by Crippen LogP contribution is -2.21. The van der Waals surface area contributed by atoms with E-state index in [0.717, 1.165) is 18.1 Å². The van der Waals surface area contributed by atoms with Crippen LogP contribution in [0.1, 0.15) is 6.42 Å². The number of amides is 1. The lowest BCUT2D eigenvalue weighted by Gasteiger charge is -2.18. The number of hydrogen-bond donors (Lipinski definition) is 1. The van der Waals surface area contributed by atoms with E-state index >= 15 is 0 Å². The second-order valence-electron chi connectivity index (χ2n) is 2.77. The Morgan fingerprint density at radius 2 is 2.62 bits per heavy atom. The molecule has 0 radical (unpaired) electrons. The zero-order chi connectivity index (χ0) is 9.68. The number of nitrogens with one attached hydrogen (secondary N) is 1. The van der Waals surface area contributed by atoms with Gasteiger partial charge in [0.1, 0.15) is 0 Å². The fourth-order valence-corrected chi connectivity index (χ4v) is 2.22. The fourth-order valence-electron chi connectivity index (χ4n) is 1.14. The minimum atomic E-state index is 0.377. The van der Waals surface area contributed by atoms with Crippen molar-refractivity contribution in [3.05, 3.63) is 11.2 Å². The molecule has 1 N–H and O–H groups in total. The number of rotatable bonds is 5. The summed E-state index contributed by atoms with van der Waals surface area (Å²) in [7, 11) is 3.68. The summed E-state index contributed by atoms with van der Waals surface area (Å²) in [6.07, 6.45) is 3.59. The van der Waals surface area contributed by atoms with Gasteiger partial charge in [-0.25, -0.2) is 0 Å². The van der Waals surface area contributed by atoms with Crippen LogP contribution in [0.4, 0.5) is 0 Å². The Bertz CT molecular complexity index is 208. The van der Waals surface area contributed by atoms with E-state index < -0.39 is 0 Å². The second kappa shape index (κ2) is 5.14. The minimum Gasteiger partial charge on any atom is -0.385 e. The summed E-state index contributed by atoms with van der Waals surface area (Å²) in [5.74, 6) is 0. The molecule has 4 nitrogen and oxygen atoms in total. The Morgan fingerprint density at radius 1 is 1.85 bits per heavy atom. The maximum Gasteiger partial charge on any atom is 0.211 e. The molecule has 0 saturated carbocycles. The summed E-state index contributed by atoms with van der Waals surface area (Å²) in [5.41, 5.74) is 0. The van der Waals surface area contributed by atoms with Gasteiger partial charge in [-0.05, 0) is 0 Å². The minimum absolute atomic E-state index is 0.377. The van der Waals surface area contributed by atoms with Gasteiger partial charge in [-0.2, -0.15) is 0 Å². The molecule has 1 atom stereocenters. The van der Waals surface area contributed by atoms with E-state index in [0.29, 0.717) is 11.8 Å². The van der Waals surface area contributed by atoms with E-state index in [2.05, 4.69) is 10.2 Å². The maximum atomic E-state index is 10.2. The van der Waals surface area contributed by atoms with E-state index in [1.807, 2.05) is 13.2 Å². The van der Waals surface area contributed by atoms with Gasteiger partial charge in [-0.3, -0.25) is 4.79 Å². The number of thioether (sulfide) groups is 1. The lowest BCUT2D eigenvalue weighted by atomic mass is 10.4. The Morgan fingerprint density at radius 3 is 3.23 bits per heavy atom. The number of carbonyl (C=O) groups is 1. The third-order valence-corrected chi connectivity index (χ3v) is 3.13. The number of nitrogens with zero attached hydrogens (tertiary/aromatic N) is 1. The van der Waals surface area contributed by atoms with Gasteiger partial charge >= 0.3 is 0 Å². The van der Waals surface area contributed by atoms with Gasteiger partial charge in [-0.15, -0.1) is 0 Å². The van der Waals surface area contributed by atoms with Crippen LogP contribution >= 0.6 is 11.8 Å². The van der Waals surface area contributed by atoms with Crippen molar-refractivity contribution in [3.8, 4) is 0 Å². The average molecular weight is 202 g/mol. The van der Waals surface area contributed by atoms with Crippen LogP contribution in [0.25, 0.3) is 0 Å². The zero-order valence-corrected chi connectivity index (χ0v) is 8.63. The number of carbonyl (C=O) groups excluding carboxylic acids is 1. The van der Waals surface area contributed by atoms with E-state index in [1.165, 1.54) is 0 Å². The highest BCUT2D eigenvalue weighted by molar-refractivity contribution is 8.03. The molecule has 0 saturated heterocycles. The zero-order valence-electron chi connectivity index (χ0n) is 7.82. The summed E-state index contributed by atoms with van der Waals surface area (Å²) in [6.45, 7) is 0.740. The Kier molecular flexibility index (Phi) is 4.11. The molecule has 1 heterocycles. The predicted octanol–water partition coefficient (Wildman–Crippen LogP) is 0.573. The van der Waals surface area contributed by atoms with Gasteiger partial charge in [0.15, 0.2) is 0 Å². The van der Waals surface area contributed by atoms with Crippen molar-refractivity contribution in [2.45, 2.75) is 11.8 Å². The Hall–Kier alpha value is -0.680. The van der Waals surface area contributed by atoms with Crippen molar-refractivity contribution in [1.29, 1.82) is 0 Å². The van der Waals surface area contributed by atoms with Crippen molar-refractivity contribution in [2.75, 3.05) is 20.8 Å². The van der Waals surface area contributed by atoms with E-state index in [9.17, 15) is 4.79 Å². The molecule has 0 aromatic carbocycles. The molecule has 5 heteroatoms. The van der Waals surface area contributed by atoms with Crippen LogP contribution in [0.5, 0.6) is 0 Å². The molecule has 0 fully saturated rings. The number of hydrogen-bond acceptors (Lipinski definition) is 4. The van der Waals surface area contributed by atoms with Gasteiger partial charge < -0.3 is 15.0 Å². The molecule has 1 unspecified atom stereocenters. The van der Waals surface area contributed by atoms with Gasteiger partial charge in [-0.1, -0.05) is 11.8 Å². The first kappa shape index (κ1) is 10.4. The smallest absolute Gasteiger partial charge is 0.211 e. The number of ether oxygens (including phenoxy) is 1. The van der Waals surface area contributed by atoms with Gasteiger partial charge in [0.05, 0.1) is 10.4 Å². The average Bonchev–Trinajstić information content (AvgIpc) is 2.44. The van der Waals surface area contributed by atoms with Crippen LogP contribution < -0.4 is 5.32 Å². The maximum absolute atomic E-state index is 10.2. The molecule has 0 aliphatic carbocycles. The first-order chi connectivity index (χ1) is 6.27. The highest BCUT2D eigenvalue weighted by atomic mass is 32.2. The van der Waals surface area contributed by atoms with Crippen LogP contribution in [-0.2, 0) is 9.53 Å². The van der Waals surface area contributed by atoms with Crippen molar-refractivity contribution in [1.82, 2.24) is 10.2 Å². The van der Waals surface area contributed by atoms with Gasteiger partial charge in [0.2, 0.25) is 6.41 Å². The Labute approximate surface area is 82.3 Å². The highest BCUT2D eigenvalue weighted by Gasteiger charge is 2.21. The summed E-state index contributed by atoms with van der Waals surface area (Å²) in [4.78, 5) is 12.3. The second-order valence-corrected chi connectivity index (χ2v) is 3.99. The third kappa shape index (κ3) is 2.93. The molecule has 1 aliphatic rings.